The molecule has 130 valence electrons. The summed E-state index contributed by atoms with van der Waals surface area (Å²) >= 11 is 0. The van der Waals surface area contributed by atoms with Crippen molar-refractivity contribution in [3.8, 4) is 17.2 Å². The molecular weight excluding hydrogens is 328 g/mol. The van der Waals surface area contributed by atoms with Crippen LogP contribution >= 0.6 is 0 Å². The molecule has 1 aromatic heterocycles. The summed E-state index contributed by atoms with van der Waals surface area (Å²) in [4.78, 5) is 24.2. The van der Waals surface area contributed by atoms with Gasteiger partial charge in [0.2, 0.25) is 0 Å². The molecule has 0 saturated carbocycles. The van der Waals surface area contributed by atoms with Gasteiger partial charge in [-0.1, -0.05) is 13.5 Å². The molecule has 3 rings (SSSR count). The number of benzene rings is 1. The maximum atomic E-state index is 12.1. The van der Waals surface area contributed by atoms with Gasteiger partial charge in [-0.05, 0) is 12.5 Å². The molecule has 7 nitrogen and oxygen atoms in total. The minimum atomic E-state index is -0.794. The average Bonchev–Trinajstić information content (AvgIpc) is 2.49. The van der Waals surface area contributed by atoms with Crippen molar-refractivity contribution < 1.29 is 29.3 Å². The number of esters is 1. The van der Waals surface area contributed by atoms with Crippen LogP contribution < -0.4 is 5.63 Å². The highest BCUT2D eigenvalue weighted by Crippen LogP contribution is 2.44. The zero-order chi connectivity index (χ0) is 18.5. The highest BCUT2D eigenvalue weighted by atomic mass is 16.5. The lowest BCUT2D eigenvalue weighted by atomic mass is 9.84. The molecule has 25 heavy (non-hydrogen) atoms. The van der Waals surface area contributed by atoms with Gasteiger partial charge in [0, 0.05) is 30.0 Å². The number of phenols is 2. The van der Waals surface area contributed by atoms with Gasteiger partial charge in [0.1, 0.15) is 34.3 Å². The van der Waals surface area contributed by atoms with Crippen LogP contribution in [0.3, 0.4) is 0 Å². The summed E-state index contributed by atoms with van der Waals surface area (Å²) in [7, 11) is 0. The van der Waals surface area contributed by atoms with E-state index >= 15 is 0 Å². The first-order valence-corrected chi connectivity index (χ1v) is 7.52. The largest absolute Gasteiger partial charge is 0.508 e. The number of cyclic esters (lactones) is 1. The Morgan fingerprint density at radius 2 is 1.72 bits per heavy atom. The van der Waals surface area contributed by atoms with Gasteiger partial charge in [-0.15, -0.1) is 0 Å². The number of allylic oxidation sites excluding steroid dienone is 1. The molecule has 0 aliphatic carbocycles. The third-order valence-electron chi connectivity index (χ3n) is 4.28. The normalized spacial score (nSPS) is 16.5. The van der Waals surface area contributed by atoms with Crippen molar-refractivity contribution in [2.24, 2.45) is 0 Å². The lowest BCUT2D eigenvalue weighted by Crippen LogP contribution is -2.21. The van der Waals surface area contributed by atoms with Crippen molar-refractivity contribution in [1.82, 2.24) is 0 Å². The first kappa shape index (κ1) is 16.6. The van der Waals surface area contributed by atoms with Crippen molar-refractivity contribution in [3.05, 3.63) is 62.9 Å². The molecule has 1 aliphatic heterocycles. The number of hydrogen-bond donors (Lipinski definition) is 3. The van der Waals surface area contributed by atoms with E-state index in [2.05, 4.69) is 6.58 Å². The number of fused-ring (bicyclic) bond motifs is 1. The lowest BCUT2D eigenvalue weighted by molar-refractivity contribution is 0.0580. The molecule has 0 saturated heterocycles. The van der Waals surface area contributed by atoms with Crippen molar-refractivity contribution in [2.45, 2.75) is 26.2 Å². The first-order chi connectivity index (χ1) is 11.7. The van der Waals surface area contributed by atoms with Gasteiger partial charge in [0.15, 0.2) is 0 Å². The van der Waals surface area contributed by atoms with Crippen LogP contribution in [0.5, 0.6) is 17.2 Å². The van der Waals surface area contributed by atoms with E-state index in [1.165, 1.54) is 13.0 Å². The SMILES string of the molecule is C=C1OC(=O)c2c(O)cc(O)c(Cc3c(O)cc(C)oc3=O)c2C1C. The predicted molar refractivity (Wildman–Crippen MR) is 86.9 cm³/mol. The first-order valence-electron chi connectivity index (χ1n) is 7.52. The van der Waals surface area contributed by atoms with E-state index in [0.717, 1.165) is 6.07 Å². The van der Waals surface area contributed by atoms with Crippen LogP contribution in [0.25, 0.3) is 0 Å². The second-order valence-electron chi connectivity index (χ2n) is 5.94. The Labute approximate surface area is 142 Å². The van der Waals surface area contributed by atoms with Crippen LogP contribution in [0, 0.1) is 6.92 Å². The van der Waals surface area contributed by atoms with E-state index in [1.54, 1.807) is 6.92 Å². The number of aryl methyl sites for hydroxylation is 1. The summed E-state index contributed by atoms with van der Waals surface area (Å²) < 4.78 is 9.99. The molecular formula is C18H16O7. The zero-order valence-electron chi connectivity index (χ0n) is 13.6. The second kappa shape index (κ2) is 5.70. The number of phenolic OH excluding ortho intramolecular Hbond substituents is 2. The fourth-order valence-electron chi connectivity index (χ4n) is 2.97. The molecule has 1 aliphatic rings. The smallest absolute Gasteiger partial charge is 0.347 e. The van der Waals surface area contributed by atoms with E-state index in [1.807, 2.05) is 0 Å². The highest BCUT2D eigenvalue weighted by Gasteiger charge is 2.34. The van der Waals surface area contributed by atoms with Crippen molar-refractivity contribution in [1.29, 1.82) is 0 Å². The van der Waals surface area contributed by atoms with Gasteiger partial charge in [0.05, 0.1) is 5.56 Å². The Kier molecular flexibility index (Phi) is 3.79. The molecule has 1 aromatic carbocycles. The van der Waals surface area contributed by atoms with E-state index in [0.29, 0.717) is 5.56 Å². The number of carbonyl (C=O) groups is 1. The number of ether oxygens (including phenoxy) is 1. The van der Waals surface area contributed by atoms with Crippen molar-refractivity contribution in [3.63, 3.8) is 0 Å². The molecule has 0 radical (unpaired) electrons. The van der Waals surface area contributed by atoms with Crippen molar-refractivity contribution in [2.75, 3.05) is 0 Å². The summed E-state index contributed by atoms with van der Waals surface area (Å²) in [5.41, 5.74) is -0.388. The van der Waals surface area contributed by atoms with E-state index in [9.17, 15) is 24.9 Å². The molecule has 1 unspecified atom stereocenters. The Morgan fingerprint density at radius 3 is 2.36 bits per heavy atom. The fourth-order valence-corrected chi connectivity index (χ4v) is 2.97. The Morgan fingerprint density at radius 1 is 1.08 bits per heavy atom. The van der Waals surface area contributed by atoms with Crippen molar-refractivity contribution >= 4 is 5.97 Å². The van der Waals surface area contributed by atoms with Crippen LogP contribution in [-0.2, 0) is 11.2 Å². The third kappa shape index (κ3) is 2.63. The third-order valence-corrected chi connectivity index (χ3v) is 4.28. The van der Waals surface area contributed by atoms with E-state index in [-0.39, 0.29) is 46.1 Å². The van der Waals surface area contributed by atoms with Gasteiger partial charge < -0.3 is 24.5 Å². The minimum absolute atomic E-state index is 0.0643. The summed E-state index contributed by atoms with van der Waals surface area (Å²) in [5.74, 6) is -1.93. The maximum Gasteiger partial charge on any atom is 0.347 e. The van der Waals surface area contributed by atoms with E-state index in [4.69, 9.17) is 9.15 Å². The van der Waals surface area contributed by atoms with Crippen LogP contribution in [0.2, 0.25) is 0 Å². The number of hydrogen-bond acceptors (Lipinski definition) is 7. The van der Waals surface area contributed by atoms with Gasteiger partial charge in [-0.3, -0.25) is 0 Å². The van der Waals surface area contributed by atoms with Gasteiger partial charge in [-0.2, -0.15) is 0 Å². The molecule has 2 aromatic rings. The molecule has 0 fully saturated rings. The standard InChI is InChI=1S/C18H16O7/c1-7-4-12(19)11(17(22)24-7)5-10-13(20)6-14(21)16-15(10)8(2)9(3)25-18(16)23/h4,6,8,19-21H,3,5H2,1-2H3. The Hall–Kier alpha value is -3.22. The van der Waals surface area contributed by atoms with Gasteiger partial charge in [0.25, 0.3) is 0 Å². The second-order valence-corrected chi connectivity index (χ2v) is 5.94. The lowest BCUT2D eigenvalue weighted by Gasteiger charge is -2.27. The highest BCUT2D eigenvalue weighted by molar-refractivity contribution is 5.97. The van der Waals surface area contributed by atoms with E-state index < -0.39 is 23.3 Å². The quantitative estimate of drug-likeness (QED) is 0.716. The molecule has 7 heteroatoms. The number of carbonyl (C=O) groups excluding carboxylic acids is 1. The summed E-state index contributed by atoms with van der Waals surface area (Å²) in [6, 6.07) is 2.29. The molecule has 2 heterocycles. The molecule has 0 amide bonds. The van der Waals surface area contributed by atoms with Gasteiger partial charge in [-0.25, -0.2) is 9.59 Å². The minimum Gasteiger partial charge on any atom is -0.508 e. The molecule has 1 atom stereocenters. The molecule has 0 bridgehead atoms. The Balaban J connectivity index is 2.25. The van der Waals surface area contributed by atoms with Crippen LogP contribution in [0.4, 0.5) is 0 Å². The summed E-state index contributed by atoms with van der Waals surface area (Å²) in [6.45, 7) is 6.87. The summed E-state index contributed by atoms with van der Waals surface area (Å²) in [5, 5.41) is 30.4. The van der Waals surface area contributed by atoms with Crippen LogP contribution in [0.15, 0.2) is 33.7 Å². The average molecular weight is 344 g/mol. The molecule has 3 N–H and O–H groups in total. The number of aromatic hydroxyl groups is 3. The Bertz CT molecular complexity index is 968. The monoisotopic (exact) mass is 344 g/mol. The summed E-state index contributed by atoms with van der Waals surface area (Å²) in [6.07, 6.45) is -0.187. The zero-order valence-corrected chi connectivity index (χ0v) is 13.6. The maximum absolute atomic E-state index is 12.1. The fraction of sp³-hybridized carbons (Fsp3) is 0.222. The predicted octanol–water partition coefficient (Wildman–Crippen LogP) is 2.44. The van der Waals surface area contributed by atoms with Gasteiger partial charge >= 0.3 is 11.6 Å². The van der Waals surface area contributed by atoms with Crippen LogP contribution in [-0.4, -0.2) is 21.3 Å². The molecule has 0 spiro atoms. The topological polar surface area (TPSA) is 117 Å². The van der Waals surface area contributed by atoms with Crippen LogP contribution in [0.1, 0.15) is 45.7 Å². The number of rotatable bonds is 2.